The number of aromatic nitrogens is 1. The van der Waals surface area contributed by atoms with Crippen molar-refractivity contribution in [3.05, 3.63) is 53.2 Å². The number of likely N-dealkylation sites (N-methyl/N-ethyl adjacent to an activating group) is 1. The van der Waals surface area contributed by atoms with Gasteiger partial charge < -0.3 is 20.0 Å². The van der Waals surface area contributed by atoms with E-state index >= 15 is 0 Å². The minimum atomic E-state index is -0.0442. The number of aryl methyl sites for hydroxylation is 1. The Bertz CT molecular complexity index is 756. The first-order chi connectivity index (χ1) is 13.2. The van der Waals surface area contributed by atoms with Crippen LogP contribution in [-0.2, 0) is 18.4 Å². The molecule has 2 N–H and O–H groups in total. The molecule has 0 fully saturated rings. The van der Waals surface area contributed by atoms with Gasteiger partial charge in [-0.3, -0.25) is 4.99 Å². The molecule has 6 heteroatoms. The number of nitrogens with one attached hydrogen (secondary N) is 2. The van der Waals surface area contributed by atoms with E-state index in [-0.39, 0.29) is 11.5 Å². The van der Waals surface area contributed by atoms with E-state index in [1.165, 1.54) is 11.1 Å². The van der Waals surface area contributed by atoms with Crippen molar-refractivity contribution >= 4 is 5.96 Å². The molecule has 0 radical (unpaired) electrons. The van der Waals surface area contributed by atoms with Crippen LogP contribution in [0.15, 0.2) is 39.9 Å². The summed E-state index contributed by atoms with van der Waals surface area (Å²) >= 11 is 0. The molecule has 0 amide bonds. The Morgan fingerprint density at radius 2 is 1.86 bits per heavy atom. The van der Waals surface area contributed by atoms with Gasteiger partial charge in [0.2, 0.25) is 5.89 Å². The van der Waals surface area contributed by atoms with Gasteiger partial charge in [-0.05, 0) is 31.6 Å². The zero-order valence-electron chi connectivity index (χ0n) is 18.3. The number of aliphatic imine (C=N–C) groups is 1. The van der Waals surface area contributed by atoms with Gasteiger partial charge in [0, 0.05) is 19.0 Å². The van der Waals surface area contributed by atoms with Gasteiger partial charge in [0.25, 0.3) is 0 Å². The van der Waals surface area contributed by atoms with Crippen LogP contribution in [0.2, 0.25) is 0 Å². The normalized spacial score (nSPS) is 13.6. The van der Waals surface area contributed by atoms with Gasteiger partial charge in [0.15, 0.2) is 5.96 Å². The van der Waals surface area contributed by atoms with Gasteiger partial charge in [0.1, 0.15) is 5.76 Å². The molecular weight excluding hydrogens is 350 g/mol. The van der Waals surface area contributed by atoms with E-state index in [1.54, 1.807) is 13.2 Å². The third kappa shape index (κ3) is 6.09. The first-order valence-electron chi connectivity index (χ1n) is 9.89. The molecule has 1 aromatic heterocycles. The summed E-state index contributed by atoms with van der Waals surface area (Å²) in [5.74, 6) is 2.27. The molecule has 1 unspecified atom stereocenters. The minimum absolute atomic E-state index is 0.0442. The van der Waals surface area contributed by atoms with Crippen molar-refractivity contribution in [3.8, 4) is 0 Å². The van der Waals surface area contributed by atoms with Crippen molar-refractivity contribution in [2.75, 3.05) is 27.7 Å². The average molecular weight is 386 g/mol. The van der Waals surface area contributed by atoms with Crippen LogP contribution in [0.3, 0.4) is 0 Å². The molecule has 0 saturated heterocycles. The quantitative estimate of drug-likeness (QED) is 0.564. The predicted molar refractivity (Wildman–Crippen MR) is 116 cm³/mol. The maximum absolute atomic E-state index is 5.83. The van der Waals surface area contributed by atoms with E-state index in [0.717, 1.165) is 24.7 Å². The second-order valence-electron chi connectivity index (χ2n) is 8.25. The SMILES string of the molecule is CCc1ccc(C(CNC(=NC)NCc2ncc(C(C)(C)C)o2)N(C)C)cc1. The van der Waals surface area contributed by atoms with Crippen LogP contribution < -0.4 is 10.6 Å². The zero-order valence-corrected chi connectivity index (χ0v) is 18.3. The highest BCUT2D eigenvalue weighted by molar-refractivity contribution is 5.79. The van der Waals surface area contributed by atoms with E-state index in [9.17, 15) is 0 Å². The molecular formula is C22H35N5O. The Balaban J connectivity index is 1.94. The van der Waals surface area contributed by atoms with Crippen molar-refractivity contribution in [1.82, 2.24) is 20.5 Å². The summed E-state index contributed by atoms with van der Waals surface area (Å²) in [4.78, 5) is 10.9. The van der Waals surface area contributed by atoms with Gasteiger partial charge in [0.05, 0.1) is 18.8 Å². The van der Waals surface area contributed by atoms with E-state index in [2.05, 4.69) is 91.6 Å². The lowest BCUT2D eigenvalue weighted by Crippen LogP contribution is -2.41. The molecule has 1 heterocycles. The summed E-state index contributed by atoms with van der Waals surface area (Å²) in [7, 11) is 5.96. The smallest absolute Gasteiger partial charge is 0.213 e. The molecule has 0 spiro atoms. The lowest BCUT2D eigenvalue weighted by molar-refractivity contribution is 0.298. The van der Waals surface area contributed by atoms with Crippen molar-refractivity contribution in [1.29, 1.82) is 0 Å². The molecule has 0 aliphatic rings. The first-order valence-corrected chi connectivity index (χ1v) is 9.89. The monoisotopic (exact) mass is 385 g/mol. The maximum Gasteiger partial charge on any atom is 0.213 e. The molecule has 1 atom stereocenters. The molecule has 0 bridgehead atoms. The van der Waals surface area contributed by atoms with Crippen LogP contribution in [0.1, 0.15) is 56.5 Å². The summed E-state index contributed by atoms with van der Waals surface area (Å²) in [6, 6.07) is 9.08. The van der Waals surface area contributed by atoms with Crippen LogP contribution in [0.4, 0.5) is 0 Å². The fourth-order valence-electron chi connectivity index (χ4n) is 2.89. The van der Waals surface area contributed by atoms with Gasteiger partial charge in [-0.2, -0.15) is 0 Å². The predicted octanol–water partition coefficient (Wildman–Crippen LogP) is 3.50. The van der Waals surface area contributed by atoms with Crippen molar-refractivity contribution in [3.63, 3.8) is 0 Å². The van der Waals surface area contributed by atoms with Crippen molar-refractivity contribution in [2.45, 2.75) is 52.1 Å². The number of benzene rings is 1. The van der Waals surface area contributed by atoms with Gasteiger partial charge >= 0.3 is 0 Å². The first kappa shape index (κ1) is 22.0. The third-order valence-electron chi connectivity index (χ3n) is 4.78. The van der Waals surface area contributed by atoms with Crippen LogP contribution >= 0.6 is 0 Å². The molecule has 2 aromatic rings. The average Bonchev–Trinajstić information content (AvgIpc) is 3.14. The molecule has 2 rings (SSSR count). The standard InChI is InChI=1S/C22H35N5O/c1-8-16-9-11-17(12-10-16)18(27(6)7)13-25-21(23-5)26-15-20-24-14-19(28-20)22(2,3)4/h9-12,14,18H,8,13,15H2,1-7H3,(H2,23,25,26). The molecule has 154 valence electrons. The fraction of sp³-hybridized carbons (Fsp3) is 0.545. The van der Waals surface area contributed by atoms with Crippen molar-refractivity contribution < 1.29 is 4.42 Å². The van der Waals surface area contributed by atoms with Crippen LogP contribution in [0, 0.1) is 0 Å². The number of guanidine groups is 1. The van der Waals surface area contributed by atoms with Crippen LogP contribution in [0.5, 0.6) is 0 Å². The number of hydrogen-bond acceptors (Lipinski definition) is 4. The van der Waals surface area contributed by atoms with E-state index < -0.39 is 0 Å². The summed E-state index contributed by atoms with van der Waals surface area (Å²) in [6.07, 6.45) is 2.86. The van der Waals surface area contributed by atoms with Gasteiger partial charge in [-0.1, -0.05) is 52.0 Å². The third-order valence-corrected chi connectivity index (χ3v) is 4.78. The lowest BCUT2D eigenvalue weighted by Gasteiger charge is -2.26. The van der Waals surface area contributed by atoms with Crippen LogP contribution in [-0.4, -0.2) is 43.5 Å². The number of nitrogens with zero attached hydrogens (tertiary/aromatic N) is 3. The molecule has 28 heavy (non-hydrogen) atoms. The Labute approximate surface area is 169 Å². The van der Waals surface area contributed by atoms with E-state index in [4.69, 9.17) is 4.42 Å². The second-order valence-corrected chi connectivity index (χ2v) is 8.25. The molecule has 0 aliphatic heterocycles. The summed E-state index contributed by atoms with van der Waals surface area (Å²) in [5, 5.41) is 6.69. The van der Waals surface area contributed by atoms with Crippen LogP contribution in [0.25, 0.3) is 0 Å². The summed E-state index contributed by atoms with van der Waals surface area (Å²) in [6.45, 7) is 9.75. The highest BCUT2D eigenvalue weighted by atomic mass is 16.4. The summed E-state index contributed by atoms with van der Waals surface area (Å²) < 4.78 is 5.83. The molecule has 1 aromatic carbocycles. The maximum atomic E-state index is 5.83. The minimum Gasteiger partial charge on any atom is -0.443 e. The van der Waals surface area contributed by atoms with Crippen molar-refractivity contribution in [2.24, 2.45) is 4.99 Å². The fourth-order valence-corrected chi connectivity index (χ4v) is 2.89. The molecule has 0 aliphatic carbocycles. The van der Waals surface area contributed by atoms with E-state index in [0.29, 0.717) is 12.4 Å². The van der Waals surface area contributed by atoms with Gasteiger partial charge in [-0.15, -0.1) is 0 Å². The molecule has 6 nitrogen and oxygen atoms in total. The lowest BCUT2D eigenvalue weighted by atomic mass is 9.94. The highest BCUT2D eigenvalue weighted by Gasteiger charge is 2.19. The highest BCUT2D eigenvalue weighted by Crippen LogP contribution is 2.22. The summed E-state index contributed by atoms with van der Waals surface area (Å²) in [5.41, 5.74) is 2.59. The number of rotatable bonds is 7. The number of hydrogen-bond donors (Lipinski definition) is 2. The topological polar surface area (TPSA) is 65.7 Å². The Kier molecular flexibility index (Phi) is 7.63. The zero-order chi connectivity index (χ0) is 20.7. The largest absolute Gasteiger partial charge is 0.443 e. The Hall–Kier alpha value is -2.34. The van der Waals surface area contributed by atoms with Gasteiger partial charge in [-0.25, -0.2) is 4.98 Å². The van der Waals surface area contributed by atoms with E-state index in [1.807, 2.05) is 0 Å². The second kappa shape index (κ2) is 9.73. The Morgan fingerprint density at radius 3 is 2.36 bits per heavy atom. The molecule has 0 saturated carbocycles. The number of oxazole rings is 1. The Morgan fingerprint density at radius 1 is 1.18 bits per heavy atom.